The van der Waals surface area contributed by atoms with Crippen LogP contribution in [-0.4, -0.2) is 43.2 Å². The van der Waals surface area contributed by atoms with Gasteiger partial charge in [0.1, 0.15) is 4.90 Å². The summed E-state index contributed by atoms with van der Waals surface area (Å²) >= 11 is 0. The number of sulfone groups is 1. The van der Waals surface area contributed by atoms with Gasteiger partial charge in [0.25, 0.3) is 0 Å². The Hall–Kier alpha value is -0.930. The highest BCUT2D eigenvalue weighted by atomic mass is 32.2. The van der Waals surface area contributed by atoms with Crippen LogP contribution in [0.15, 0.2) is 4.90 Å². The summed E-state index contributed by atoms with van der Waals surface area (Å²) in [6, 6.07) is -0.614. The lowest BCUT2D eigenvalue weighted by Crippen LogP contribution is -2.66. The van der Waals surface area contributed by atoms with Crippen molar-refractivity contribution in [2.45, 2.75) is 43.4 Å². The molecule has 114 valence electrons. The number of rotatable bonds is 3. The zero-order chi connectivity index (χ0) is 15.5. The van der Waals surface area contributed by atoms with Gasteiger partial charge in [0, 0.05) is 7.05 Å². The summed E-state index contributed by atoms with van der Waals surface area (Å²) in [6.45, 7) is 6.34. The molecule has 0 radical (unpaired) electrons. The van der Waals surface area contributed by atoms with Crippen LogP contribution in [0.2, 0.25) is 0 Å². The molecule has 7 nitrogen and oxygen atoms in total. The lowest BCUT2D eigenvalue weighted by molar-refractivity contribution is 0.423. The maximum absolute atomic E-state index is 12.4. The summed E-state index contributed by atoms with van der Waals surface area (Å²) in [5.74, 6) is -0.169. The van der Waals surface area contributed by atoms with Crippen molar-refractivity contribution in [1.82, 2.24) is 14.5 Å². The van der Waals surface area contributed by atoms with E-state index < -0.39 is 30.6 Å². The third kappa shape index (κ3) is 2.08. The van der Waals surface area contributed by atoms with Crippen LogP contribution in [0.25, 0.3) is 0 Å². The number of aryl methyl sites for hydroxylation is 2. The molecule has 0 unspecified atom stereocenters. The summed E-state index contributed by atoms with van der Waals surface area (Å²) < 4.78 is 51.1. The third-order valence-electron chi connectivity index (χ3n) is 4.04. The largest absolute Gasteiger partial charge is 0.271 e. The van der Waals surface area contributed by atoms with Crippen LogP contribution in [0.1, 0.15) is 25.2 Å². The second-order valence-electron chi connectivity index (χ2n) is 5.68. The summed E-state index contributed by atoms with van der Waals surface area (Å²) in [5, 5.41) is 4.07. The van der Waals surface area contributed by atoms with Gasteiger partial charge in [0.2, 0.25) is 10.0 Å². The number of nitrogens with zero attached hydrogens (tertiary/aromatic N) is 2. The molecule has 1 N–H and O–H groups in total. The number of sulfonamides is 1. The monoisotopic (exact) mass is 321 g/mol. The SMILES string of the molecule is Cc1nn(C)c(C)c1S(=O)(=O)N[C@H]1CS(=O)(=O)C1(C)C. The van der Waals surface area contributed by atoms with Crippen molar-refractivity contribution in [2.24, 2.45) is 7.05 Å². The predicted molar refractivity (Wildman–Crippen MR) is 74.7 cm³/mol. The van der Waals surface area contributed by atoms with Crippen molar-refractivity contribution in [1.29, 1.82) is 0 Å². The average molecular weight is 321 g/mol. The number of hydrogen-bond acceptors (Lipinski definition) is 5. The van der Waals surface area contributed by atoms with Gasteiger partial charge in [0.05, 0.1) is 27.9 Å². The van der Waals surface area contributed by atoms with E-state index in [2.05, 4.69) is 9.82 Å². The molecule has 2 heterocycles. The summed E-state index contributed by atoms with van der Waals surface area (Å²) in [7, 11) is -5.34. The highest BCUT2D eigenvalue weighted by Gasteiger charge is 2.55. The van der Waals surface area contributed by atoms with E-state index in [1.807, 2.05) is 0 Å². The first kappa shape index (κ1) is 15.5. The van der Waals surface area contributed by atoms with E-state index in [9.17, 15) is 16.8 Å². The Morgan fingerprint density at radius 3 is 2.25 bits per heavy atom. The second kappa shape index (κ2) is 4.28. The number of hydrogen-bond donors (Lipinski definition) is 1. The van der Waals surface area contributed by atoms with Crippen molar-refractivity contribution < 1.29 is 16.8 Å². The molecule has 1 aromatic heterocycles. The molecule has 1 atom stereocenters. The van der Waals surface area contributed by atoms with E-state index in [-0.39, 0.29) is 10.6 Å². The molecule has 1 aromatic rings. The Balaban J connectivity index is 2.35. The first-order valence-corrected chi connectivity index (χ1v) is 9.28. The molecule has 0 amide bonds. The lowest BCUT2D eigenvalue weighted by atomic mass is 10.1. The van der Waals surface area contributed by atoms with Crippen molar-refractivity contribution in [3.05, 3.63) is 11.4 Å². The quantitative estimate of drug-likeness (QED) is 0.837. The third-order valence-corrected chi connectivity index (χ3v) is 8.42. The van der Waals surface area contributed by atoms with Crippen LogP contribution >= 0.6 is 0 Å². The smallest absolute Gasteiger partial charge is 0.244 e. The van der Waals surface area contributed by atoms with Gasteiger partial charge in [-0.25, -0.2) is 21.6 Å². The van der Waals surface area contributed by atoms with Gasteiger partial charge in [-0.3, -0.25) is 4.68 Å². The molecule has 9 heteroatoms. The Morgan fingerprint density at radius 2 is 1.90 bits per heavy atom. The van der Waals surface area contributed by atoms with Gasteiger partial charge < -0.3 is 0 Å². The number of aromatic nitrogens is 2. The topological polar surface area (TPSA) is 98.1 Å². The fourth-order valence-electron chi connectivity index (χ4n) is 2.32. The minimum Gasteiger partial charge on any atom is -0.271 e. The summed E-state index contributed by atoms with van der Waals surface area (Å²) in [5.41, 5.74) is 0.924. The van der Waals surface area contributed by atoms with Gasteiger partial charge in [-0.1, -0.05) is 0 Å². The fourth-order valence-corrected chi connectivity index (χ4v) is 5.97. The molecule has 1 saturated heterocycles. The zero-order valence-corrected chi connectivity index (χ0v) is 13.8. The maximum atomic E-state index is 12.4. The Morgan fingerprint density at radius 1 is 1.35 bits per heavy atom. The minimum absolute atomic E-state index is 0.125. The predicted octanol–water partition coefficient (Wildman–Crippen LogP) is -0.109. The summed E-state index contributed by atoms with van der Waals surface area (Å²) in [4.78, 5) is 0.125. The molecule has 1 aliphatic heterocycles. The molecule has 1 aliphatic rings. The Bertz CT molecular complexity index is 760. The van der Waals surface area contributed by atoms with E-state index in [0.717, 1.165) is 0 Å². The molecule has 2 rings (SSSR count). The number of nitrogens with one attached hydrogen (secondary N) is 1. The van der Waals surface area contributed by atoms with E-state index in [1.54, 1.807) is 20.9 Å². The van der Waals surface area contributed by atoms with Crippen molar-refractivity contribution in [2.75, 3.05) is 5.75 Å². The summed E-state index contributed by atoms with van der Waals surface area (Å²) in [6.07, 6.45) is 0. The standard InChI is InChI=1S/C11H19N3O4S2/c1-7-10(8(2)14(5)12-7)20(17,18)13-9-6-19(15,16)11(9,3)4/h9,13H,6H2,1-5H3/t9-/m0/s1. The maximum Gasteiger partial charge on any atom is 0.244 e. The second-order valence-corrected chi connectivity index (χ2v) is 9.95. The van der Waals surface area contributed by atoms with Gasteiger partial charge in [-0.05, 0) is 27.7 Å². The molecule has 1 fully saturated rings. The fraction of sp³-hybridized carbons (Fsp3) is 0.727. The first-order chi connectivity index (χ1) is 8.90. The van der Waals surface area contributed by atoms with E-state index >= 15 is 0 Å². The highest BCUT2D eigenvalue weighted by molar-refractivity contribution is 7.94. The molecule has 0 saturated carbocycles. The molecule has 0 aliphatic carbocycles. The van der Waals surface area contributed by atoms with E-state index in [0.29, 0.717) is 11.4 Å². The van der Waals surface area contributed by atoms with Crippen molar-refractivity contribution in [3.8, 4) is 0 Å². The van der Waals surface area contributed by atoms with Crippen LogP contribution in [-0.2, 0) is 26.9 Å². The van der Waals surface area contributed by atoms with Crippen LogP contribution in [0, 0.1) is 13.8 Å². The van der Waals surface area contributed by atoms with Crippen LogP contribution in [0.3, 0.4) is 0 Å². The molecule has 0 bridgehead atoms. The van der Waals surface area contributed by atoms with Gasteiger partial charge in [-0.2, -0.15) is 5.10 Å². The van der Waals surface area contributed by atoms with Crippen LogP contribution < -0.4 is 4.72 Å². The lowest BCUT2D eigenvalue weighted by Gasteiger charge is -2.43. The zero-order valence-electron chi connectivity index (χ0n) is 12.1. The normalized spacial score (nSPS) is 24.4. The first-order valence-electron chi connectivity index (χ1n) is 6.15. The molecular formula is C11H19N3O4S2. The van der Waals surface area contributed by atoms with Gasteiger partial charge in [-0.15, -0.1) is 0 Å². The van der Waals surface area contributed by atoms with Gasteiger partial charge in [0.15, 0.2) is 9.84 Å². The highest BCUT2D eigenvalue weighted by Crippen LogP contribution is 2.34. The molecule has 0 spiro atoms. The average Bonchev–Trinajstić information content (AvgIpc) is 2.51. The van der Waals surface area contributed by atoms with E-state index in [4.69, 9.17) is 0 Å². The molecule has 0 aromatic carbocycles. The van der Waals surface area contributed by atoms with Crippen LogP contribution in [0.5, 0.6) is 0 Å². The Labute approximate surface area is 119 Å². The molecular weight excluding hydrogens is 302 g/mol. The molecule has 20 heavy (non-hydrogen) atoms. The van der Waals surface area contributed by atoms with Gasteiger partial charge >= 0.3 is 0 Å². The van der Waals surface area contributed by atoms with Crippen molar-refractivity contribution in [3.63, 3.8) is 0 Å². The van der Waals surface area contributed by atoms with E-state index in [1.165, 1.54) is 18.5 Å². The van der Waals surface area contributed by atoms with Crippen molar-refractivity contribution >= 4 is 19.9 Å². The Kier molecular flexibility index (Phi) is 3.31. The van der Waals surface area contributed by atoms with Crippen LogP contribution in [0.4, 0.5) is 0 Å². The minimum atomic E-state index is -3.78.